The molecule has 0 aliphatic heterocycles. The average Bonchev–Trinajstić information content (AvgIpc) is 2.16. The van der Waals surface area contributed by atoms with Crippen molar-refractivity contribution in [2.75, 3.05) is 6.16 Å². The van der Waals surface area contributed by atoms with Gasteiger partial charge in [-0.1, -0.05) is 18.2 Å². The van der Waals surface area contributed by atoms with Gasteiger partial charge in [-0.3, -0.25) is 9.36 Å². The first-order chi connectivity index (χ1) is 6.52. The van der Waals surface area contributed by atoms with Gasteiger partial charge in [-0.05, 0) is 12.1 Å². The molecule has 0 aliphatic carbocycles. The minimum Gasteiger partial charge on any atom is -0.481 e. The molecule has 0 radical (unpaired) electrons. The molecule has 1 rings (SSSR count). The summed E-state index contributed by atoms with van der Waals surface area (Å²) in [4.78, 5) is 19.8. The Bertz CT molecular complexity index is 366. The number of aliphatic carboxylic acids is 1. The maximum atomic E-state index is 11.6. The SMILES string of the molecule is O=C(O)CCP(=O)(O)c1ccccc1.[Nd]. The number of hydrogen-bond acceptors (Lipinski definition) is 2. The molecule has 0 fully saturated rings. The van der Waals surface area contributed by atoms with Crippen molar-refractivity contribution in [1.82, 2.24) is 0 Å². The summed E-state index contributed by atoms with van der Waals surface area (Å²) in [6, 6.07) is 8.10. The van der Waals surface area contributed by atoms with E-state index >= 15 is 0 Å². The van der Waals surface area contributed by atoms with Crippen LogP contribution in [-0.2, 0) is 9.36 Å². The number of rotatable bonds is 4. The summed E-state index contributed by atoms with van der Waals surface area (Å²) < 4.78 is 11.6. The van der Waals surface area contributed by atoms with Gasteiger partial charge in [-0.2, -0.15) is 0 Å². The summed E-state index contributed by atoms with van der Waals surface area (Å²) >= 11 is 0. The van der Waals surface area contributed by atoms with Crippen LogP contribution in [-0.4, -0.2) is 22.1 Å². The molecule has 0 heterocycles. The monoisotopic (exact) mass is 356 g/mol. The number of carboxylic acids is 1. The number of carbonyl (C=O) groups is 1. The van der Waals surface area contributed by atoms with Crippen LogP contribution in [0.15, 0.2) is 30.3 Å². The van der Waals surface area contributed by atoms with Crippen LogP contribution in [0.5, 0.6) is 0 Å². The molecule has 1 atom stereocenters. The Morgan fingerprint density at radius 1 is 1.27 bits per heavy atom. The van der Waals surface area contributed by atoms with E-state index < -0.39 is 13.3 Å². The summed E-state index contributed by atoms with van der Waals surface area (Å²) in [5, 5.41) is 8.70. The molecule has 15 heavy (non-hydrogen) atoms. The van der Waals surface area contributed by atoms with Gasteiger partial charge >= 0.3 is 5.97 Å². The van der Waals surface area contributed by atoms with Gasteiger partial charge in [0.1, 0.15) is 0 Å². The molecule has 80 valence electrons. The molecule has 2 N–H and O–H groups in total. The van der Waals surface area contributed by atoms with Gasteiger partial charge < -0.3 is 10.00 Å². The molecule has 6 heteroatoms. The Balaban J connectivity index is 0.00000196. The molecule has 0 bridgehead atoms. The quantitative estimate of drug-likeness (QED) is 0.790. The second kappa shape index (κ2) is 6.74. The van der Waals surface area contributed by atoms with Gasteiger partial charge in [0.25, 0.3) is 0 Å². The molecule has 1 unspecified atom stereocenters. The first-order valence-electron chi connectivity index (χ1n) is 4.11. The van der Waals surface area contributed by atoms with Gasteiger partial charge in [-0.25, -0.2) is 0 Å². The van der Waals surface area contributed by atoms with Crippen molar-refractivity contribution in [2.45, 2.75) is 6.42 Å². The zero-order chi connectivity index (χ0) is 10.6. The Labute approximate surface area is 121 Å². The van der Waals surface area contributed by atoms with E-state index in [1.165, 1.54) is 12.1 Å². The van der Waals surface area contributed by atoms with Crippen molar-refractivity contribution in [3.8, 4) is 0 Å². The fourth-order valence-electron chi connectivity index (χ4n) is 1.04. The number of carboxylic acid groups (broad SMARTS) is 1. The van der Waals surface area contributed by atoms with Crippen LogP contribution >= 0.6 is 7.37 Å². The standard InChI is InChI=1S/C9H11O4P.Nd/c10-9(11)6-7-14(12,13)8-4-2-1-3-5-8;/h1-5H,6-7H2,(H,10,11)(H,12,13);. The summed E-state index contributed by atoms with van der Waals surface area (Å²) in [6.07, 6.45) is -0.505. The van der Waals surface area contributed by atoms with E-state index in [9.17, 15) is 14.3 Å². The molecule has 0 aromatic heterocycles. The first-order valence-corrected chi connectivity index (χ1v) is 5.96. The third-order valence-electron chi connectivity index (χ3n) is 1.79. The Hall–Kier alpha value is 0.231. The molecule has 1 aromatic carbocycles. The Morgan fingerprint density at radius 2 is 1.80 bits per heavy atom. The molecule has 0 spiro atoms. The first kappa shape index (κ1) is 15.2. The second-order valence-corrected chi connectivity index (χ2v) is 5.27. The Morgan fingerprint density at radius 3 is 2.27 bits per heavy atom. The molecule has 0 amide bonds. The molecule has 0 aliphatic rings. The zero-order valence-corrected chi connectivity index (χ0v) is 12.1. The van der Waals surface area contributed by atoms with Gasteiger partial charge in [0, 0.05) is 52.3 Å². The summed E-state index contributed by atoms with van der Waals surface area (Å²) in [5.41, 5.74) is 0. The summed E-state index contributed by atoms with van der Waals surface area (Å²) in [6.45, 7) is 0. The van der Waals surface area contributed by atoms with Crippen molar-refractivity contribution in [2.24, 2.45) is 0 Å². The van der Waals surface area contributed by atoms with Gasteiger partial charge in [0.2, 0.25) is 7.37 Å². The van der Waals surface area contributed by atoms with Crippen molar-refractivity contribution in [3.05, 3.63) is 30.3 Å². The van der Waals surface area contributed by atoms with Crippen molar-refractivity contribution in [3.63, 3.8) is 0 Å². The Kier molecular flexibility index (Phi) is 6.84. The van der Waals surface area contributed by atoms with Gasteiger partial charge in [0.05, 0.1) is 6.42 Å². The minimum absolute atomic E-state index is 0. The van der Waals surface area contributed by atoms with E-state index in [-0.39, 0.29) is 53.4 Å². The molecule has 0 saturated heterocycles. The van der Waals surface area contributed by atoms with E-state index in [2.05, 4.69) is 0 Å². The fourth-order valence-corrected chi connectivity index (χ4v) is 2.43. The van der Waals surface area contributed by atoms with Crippen LogP contribution in [0.4, 0.5) is 0 Å². The molecular formula is C9H11NdO4P. The van der Waals surface area contributed by atoms with Gasteiger partial charge in [-0.15, -0.1) is 0 Å². The van der Waals surface area contributed by atoms with E-state index in [1.54, 1.807) is 18.2 Å². The van der Waals surface area contributed by atoms with Crippen molar-refractivity contribution < 1.29 is 60.2 Å². The van der Waals surface area contributed by atoms with E-state index in [4.69, 9.17) is 5.11 Å². The maximum Gasteiger partial charge on any atom is 0.303 e. The fraction of sp³-hybridized carbons (Fsp3) is 0.222. The predicted molar refractivity (Wildman–Crippen MR) is 53.0 cm³/mol. The normalized spacial score (nSPS) is 13.7. The van der Waals surface area contributed by atoms with Crippen LogP contribution in [0.1, 0.15) is 6.42 Å². The zero-order valence-electron chi connectivity index (χ0n) is 7.96. The largest absolute Gasteiger partial charge is 0.481 e. The molecular weight excluding hydrogens is 347 g/mol. The number of hydrogen-bond donors (Lipinski definition) is 2. The van der Waals surface area contributed by atoms with Crippen LogP contribution in [0.25, 0.3) is 0 Å². The molecule has 4 nitrogen and oxygen atoms in total. The average molecular weight is 358 g/mol. The van der Waals surface area contributed by atoms with Crippen LogP contribution in [0.3, 0.4) is 0 Å². The summed E-state index contributed by atoms with van der Waals surface area (Å²) in [7, 11) is -3.48. The number of benzene rings is 1. The molecule has 0 saturated carbocycles. The minimum atomic E-state index is -3.48. The van der Waals surface area contributed by atoms with E-state index in [0.29, 0.717) is 5.30 Å². The maximum absolute atomic E-state index is 11.6. The van der Waals surface area contributed by atoms with Crippen molar-refractivity contribution in [1.29, 1.82) is 0 Å². The van der Waals surface area contributed by atoms with Crippen molar-refractivity contribution >= 4 is 18.6 Å². The third kappa shape index (κ3) is 5.20. The predicted octanol–water partition coefficient (Wildman–Crippen LogP) is 1.06. The third-order valence-corrected chi connectivity index (χ3v) is 3.72. The smallest absolute Gasteiger partial charge is 0.303 e. The topological polar surface area (TPSA) is 74.6 Å². The van der Waals surface area contributed by atoms with E-state index in [1.807, 2.05) is 0 Å². The van der Waals surface area contributed by atoms with Crippen LogP contribution < -0.4 is 5.30 Å². The van der Waals surface area contributed by atoms with Crippen LogP contribution in [0, 0.1) is 40.8 Å². The van der Waals surface area contributed by atoms with Gasteiger partial charge in [0.15, 0.2) is 0 Å². The molecule has 1 aromatic rings. The van der Waals surface area contributed by atoms with E-state index in [0.717, 1.165) is 0 Å². The van der Waals surface area contributed by atoms with Crippen LogP contribution in [0.2, 0.25) is 0 Å². The summed E-state index contributed by atoms with van der Waals surface area (Å²) in [5.74, 6) is -1.06. The second-order valence-electron chi connectivity index (χ2n) is 2.90.